The molecular weight excluding hydrogens is 438 g/mol. The highest BCUT2D eigenvalue weighted by Gasteiger charge is 2.25. The molecule has 2 amide bonds. The van der Waals surface area contributed by atoms with Gasteiger partial charge in [0.05, 0.1) is 16.2 Å². The first-order valence-electron chi connectivity index (χ1n) is 11.4. The number of amides is 2. The van der Waals surface area contributed by atoms with E-state index < -0.39 is 0 Å². The summed E-state index contributed by atoms with van der Waals surface area (Å²) in [6, 6.07) is 7.74. The number of fused-ring (bicyclic) bond motifs is 2. The third kappa shape index (κ3) is 4.18. The summed E-state index contributed by atoms with van der Waals surface area (Å²) >= 11 is 1.28. The molecule has 1 saturated heterocycles. The highest BCUT2D eigenvalue weighted by molar-refractivity contribution is 7.20. The number of primary amides is 1. The fourth-order valence-electron chi connectivity index (χ4n) is 4.86. The molecule has 2 aromatic heterocycles. The van der Waals surface area contributed by atoms with Gasteiger partial charge in [-0.05, 0) is 56.0 Å². The van der Waals surface area contributed by atoms with Crippen LogP contribution in [0.3, 0.4) is 0 Å². The van der Waals surface area contributed by atoms with Crippen molar-refractivity contribution in [2.45, 2.75) is 45.7 Å². The number of likely N-dealkylation sites (tertiary alicyclic amines) is 1. The van der Waals surface area contributed by atoms with Crippen LogP contribution in [0.1, 0.15) is 45.9 Å². The van der Waals surface area contributed by atoms with Crippen LogP contribution in [-0.2, 0) is 24.3 Å². The quantitative estimate of drug-likeness (QED) is 0.602. The van der Waals surface area contributed by atoms with Crippen LogP contribution in [-0.4, -0.2) is 39.4 Å². The number of nitrogens with two attached hydrogens (primary N) is 1. The number of thiophene rings is 1. The number of anilines is 1. The first-order chi connectivity index (χ1) is 15.9. The van der Waals surface area contributed by atoms with E-state index in [1.807, 2.05) is 31.2 Å². The standard InChI is InChI=1S/C24H27N5O3S/c1-14-19-23(27-18-5-3-11-29(18)24(19)32)33-20(14)22(31)26-17-8-6-15(7-9-17)12-28-10-2-4-16(13-28)21(25)30/h6-9,16H,2-5,10-13H2,1H3,(H2,25,30)(H,26,31). The SMILES string of the molecule is Cc1c(C(=O)Nc2ccc(CN3CCCC(C(N)=O)C3)cc2)sc2nc3n(c(=O)c12)CCC3. The lowest BCUT2D eigenvalue weighted by Crippen LogP contribution is -2.40. The second kappa shape index (κ2) is 8.72. The zero-order valence-corrected chi connectivity index (χ0v) is 19.4. The molecule has 33 heavy (non-hydrogen) atoms. The third-order valence-corrected chi connectivity index (χ3v) is 7.83. The van der Waals surface area contributed by atoms with Gasteiger partial charge < -0.3 is 11.1 Å². The maximum absolute atomic E-state index is 13.0. The summed E-state index contributed by atoms with van der Waals surface area (Å²) in [6.07, 6.45) is 3.57. The highest BCUT2D eigenvalue weighted by atomic mass is 32.1. The number of nitrogens with zero attached hydrogens (tertiary/aromatic N) is 3. The Morgan fingerprint density at radius 3 is 2.76 bits per heavy atom. The van der Waals surface area contributed by atoms with Crippen molar-refractivity contribution in [2.24, 2.45) is 11.7 Å². The number of nitrogens with one attached hydrogen (secondary N) is 1. The van der Waals surface area contributed by atoms with Crippen molar-refractivity contribution in [3.63, 3.8) is 0 Å². The molecule has 8 nitrogen and oxygen atoms in total. The summed E-state index contributed by atoms with van der Waals surface area (Å²) in [6.45, 7) is 4.90. The molecule has 2 aliphatic heterocycles. The Morgan fingerprint density at radius 1 is 1.21 bits per heavy atom. The van der Waals surface area contributed by atoms with E-state index in [4.69, 9.17) is 5.73 Å². The van der Waals surface area contributed by atoms with E-state index in [2.05, 4.69) is 15.2 Å². The summed E-state index contributed by atoms with van der Waals surface area (Å²) in [4.78, 5) is 45.4. The van der Waals surface area contributed by atoms with Crippen LogP contribution in [0.5, 0.6) is 0 Å². The maximum Gasteiger partial charge on any atom is 0.266 e. The van der Waals surface area contributed by atoms with Gasteiger partial charge in [-0.2, -0.15) is 0 Å². The van der Waals surface area contributed by atoms with E-state index in [0.717, 1.165) is 50.2 Å². The van der Waals surface area contributed by atoms with Crippen molar-refractivity contribution in [3.05, 3.63) is 56.4 Å². The fraction of sp³-hybridized carbons (Fsp3) is 0.417. The lowest BCUT2D eigenvalue weighted by atomic mass is 9.97. The van der Waals surface area contributed by atoms with Crippen LogP contribution >= 0.6 is 11.3 Å². The minimum Gasteiger partial charge on any atom is -0.369 e. The zero-order chi connectivity index (χ0) is 23.1. The largest absolute Gasteiger partial charge is 0.369 e. The molecule has 172 valence electrons. The number of carbonyl (C=O) groups excluding carboxylic acids is 2. The van der Waals surface area contributed by atoms with Crippen LogP contribution in [0.25, 0.3) is 10.2 Å². The first kappa shape index (κ1) is 21.8. The molecular formula is C24H27N5O3S. The van der Waals surface area contributed by atoms with Crippen molar-refractivity contribution in [1.82, 2.24) is 14.5 Å². The Balaban J connectivity index is 1.29. The van der Waals surface area contributed by atoms with E-state index in [-0.39, 0.29) is 23.3 Å². The predicted molar refractivity (Wildman–Crippen MR) is 129 cm³/mol. The van der Waals surface area contributed by atoms with Crippen LogP contribution in [0.2, 0.25) is 0 Å². The molecule has 3 aromatic rings. The van der Waals surface area contributed by atoms with Gasteiger partial charge in [0, 0.05) is 31.7 Å². The van der Waals surface area contributed by atoms with Crippen LogP contribution in [0, 0.1) is 12.8 Å². The van der Waals surface area contributed by atoms with Gasteiger partial charge in [-0.25, -0.2) is 4.98 Å². The lowest BCUT2D eigenvalue weighted by molar-refractivity contribution is -0.123. The lowest BCUT2D eigenvalue weighted by Gasteiger charge is -2.31. The molecule has 5 rings (SSSR count). The highest BCUT2D eigenvalue weighted by Crippen LogP contribution is 2.29. The molecule has 1 aromatic carbocycles. The molecule has 3 N–H and O–H groups in total. The van der Waals surface area contributed by atoms with Gasteiger partial charge >= 0.3 is 0 Å². The van der Waals surface area contributed by atoms with E-state index in [0.29, 0.717) is 39.4 Å². The second-order valence-electron chi connectivity index (χ2n) is 8.95. The van der Waals surface area contributed by atoms with Crippen LogP contribution in [0.15, 0.2) is 29.1 Å². The van der Waals surface area contributed by atoms with E-state index >= 15 is 0 Å². The monoisotopic (exact) mass is 465 g/mol. The molecule has 2 aliphatic rings. The smallest absolute Gasteiger partial charge is 0.266 e. The van der Waals surface area contributed by atoms with Crippen LogP contribution in [0.4, 0.5) is 5.69 Å². The van der Waals surface area contributed by atoms with E-state index in [9.17, 15) is 14.4 Å². The molecule has 0 aliphatic carbocycles. The molecule has 0 saturated carbocycles. The van der Waals surface area contributed by atoms with Gasteiger partial charge in [-0.1, -0.05) is 12.1 Å². The van der Waals surface area contributed by atoms with Crippen molar-refractivity contribution in [3.8, 4) is 0 Å². The normalized spacial score (nSPS) is 18.4. The number of piperidine rings is 1. The number of rotatable bonds is 5. The van der Waals surface area contributed by atoms with Gasteiger partial charge in [0.2, 0.25) is 5.91 Å². The third-order valence-electron chi connectivity index (χ3n) is 6.64. The van der Waals surface area contributed by atoms with Crippen molar-refractivity contribution >= 4 is 39.1 Å². The average molecular weight is 466 g/mol. The van der Waals surface area contributed by atoms with Crippen molar-refractivity contribution in [2.75, 3.05) is 18.4 Å². The number of hydrogen-bond acceptors (Lipinski definition) is 6. The minimum atomic E-state index is -0.229. The number of carbonyl (C=O) groups is 2. The van der Waals surface area contributed by atoms with E-state index in [1.54, 1.807) is 4.57 Å². The Morgan fingerprint density at radius 2 is 2.00 bits per heavy atom. The Kier molecular flexibility index (Phi) is 5.76. The average Bonchev–Trinajstić information content (AvgIpc) is 3.40. The van der Waals surface area contributed by atoms with Gasteiger partial charge in [-0.15, -0.1) is 11.3 Å². The number of aryl methyl sites for hydroxylation is 2. The Labute approximate surface area is 195 Å². The zero-order valence-electron chi connectivity index (χ0n) is 18.6. The maximum atomic E-state index is 13.0. The molecule has 0 spiro atoms. The van der Waals surface area contributed by atoms with Gasteiger partial charge in [0.1, 0.15) is 10.7 Å². The van der Waals surface area contributed by atoms with Gasteiger partial charge in [0.15, 0.2) is 0 Å². The molecule has 0 bridgehead atoms. The van der Waals surface area contributed by atoms with Crippen molar-refractivity contribution in [1.29, 1.82) is 0 Å². The molecule has 1 unspecified atom stereocenters. The Bertz CT molecular complexity index is 1290. The summed E-state index contributed by atoms with van der Waals surface area (Å²) in [5.74, 6) is 0.280. The van der Waals surface area contributed by atoms with Crippen molar-refractivity contribution < 1.29 is 9.59 Å². The topological polar surface area (TPSA) is 110 Å². The molecule has 1 atom stereocenters. The van der Waals surface area contributed by atoms with Gasteiger partial charge in [-0.3, -0.25) is 23.9 Å². The molecule has 0 radical (unpaired) electrons. The van der Waals surface area contributed by atoms with Gasteiger partial charge in [0.25, 0.3) is 11.5 Å². The summed E-state index contributed by atoms with van der Waals surface area (Å²) in [5.41, 5.74) is 7.94. The van der Waals surface area contributed by atoms with Crippen LogP contribution < -0.4 is 16.6 Å². The molecule has 4 heterocycles. The molecule has 1 fully saturated rings. The Hall–Kier alpha value is -3.04. The number of benzene rings is 1. The number of aromatic nitrogens is 2. The predicted octanol–water partition coefficient (Wildman–Crippen LogP) is 2.66. The minimum absolute atomic E-state index is 0.0408. The summed E-state index contributed by atoms with van der Waals surface area (Å²) < 4.78 is 1.73. The first-order valence-corrected chi connectivity index (χ1v) is 12.2. The summed E-state index contributed by atoms with van der Waals surface area (Å²) in [5, 5.41) is 3.51. The fourth-order valence-corrected chi connectivity index (χ4v) is 5.95. The molecule has 9 heteroatoms. The van der Waals surface area contributed by atoms with E-state index in [1.165, 1.54) is 11.3 Å². The summed E-state index contributed by atoms with van der Waals surface area (Å²) in [7, 11) is 0. The number of hydrogen-bond donors (Lipinski definition) is 2. The second-order valence-corrected chi connectivity index (χ2v) is 9.95.